The van der Waals surface area contributed by atoms with Gasteiger partial charge in [-0.25, -0.2) is 19.2 Å². The van der Waals surface area contributed by atoms with Crippen molar-refractivity contribution in [2.75, 3.05) is 11.1 Å². The van der Waals surface area contributed by atoms with Crippen molar-refractivity contribution in [3.8, 4) is 5.69 Å². The minimum atomic E-state index is -0.573. The molecule has 0 unspecified atom stereocenters. The number of nitrogens with one attached hydrogen (secondary N) is 1. The van der Waals surface area contributed by atoms with Crippen LogP contribution in [0.15, 0.2) is 53.3 Å². The molecule has 0 saturated carbocycles. The van der Waals surface area contributed by atoms with Gasteiger partial charge in [0.2, 0.25) is 11.6 Å². The molecule has 0 aliphatic heterocycles. The van der Waals surface area contributed by atoms with E-state index in [0.29, 0.717) is 22.5 Å². The third kappa shape index (κ3) is 3.54. The fourth-order valence-electron chi connectivity index (χ4n) is 3.82. The van der Waals surface area contributed by atoms with Gasteiger partial charge in [0.15, 0.2) is 0 Å². The zero-order valence-electron chi connectivity index (χ0n) is 17.8. The number of halogens is 1. The lowest BCUT2D eigenvalue weighted by molar-refractivity contribution is 0.637. The van der Waals surface area contributed by atoms with Gasteiger partial charge < -0.3 is 11.1 Å². The minimum absolute atomic E-state index is 0.0238. The maximum absolute atomic E-state index is 14.6. The molecule has 1 atom stereocenters. The van der Waals surface area contributed by atoms with E-state index >= 15 is 0 Å². The molecule has 8 heteroatoms. The molecule has 0 saturated heterocycles. The average molecular weight is 428 g/mol. The topological polar surface area (TPSA) is 90.2 Å². The molecule has 0 amide bonds. The standard InChI is InChI=1S/C24H21FN6O/c1-13-8-5-6-11-18(13)31-19(12-16-9-7-10-17(25)20(16)23(31)32)14(2)28-22-21(27-4)15(3)29-24(26)30-22/h5-12,14H,1-3H3,(H3,26,28,29,30)/t14-/m0/s1. The number of anilines is 2. The monoisotopic (exact) mass is 428 g/mol. The molecule has 0 aliphatic rings. The van der Waals surface area contributed by atoms with Gasteiger partial charge in [0.25, 0.3) is 5.56 Å². The SMILES string of the molecule is [C-]#[N+]c1c(C)nc(N)nc1N[C@@H](C)c1cc2cccc(F)c2c(=O)n1-c1ccccc1C. The predicted molar refractivity (Wildman–Crippen MR) is 124 cm³/mol. The molecule has 0 radical (unpaired) electrons. The summed E-state index contributed by atoms with van der Waals surface area (Å²) < 4.78 is 16.1. The van der Waals surface area contributed by atoms with E-state index in [1.54, 1.807) is 25.1 Å². The second kappa shape index (κ2) is 8.12. The Balaban J connectivity index is 1.97. The predicted octanol–water partition coefficient (Wildman–Crippen LogP) is 4.84. The first-order chi connectivity index (χ1) is 15.3. The number of aromatic nitrogens is 3. The molecule has 32 heavy (non-hydrogen) atoms. The summed E-state index contributed by atoms with van der Waals surface area (Å²) in [4.78, 5) is 25.3. The van der Waals surface area contributed by atoms with Crippen molar-refractivity contribution < 1.29 is 4.39 Å². The fourth-order valence-corrected chi connectivity index (χ4v) is 3.82. The van der Waals surface area contributed by atoms with Gasteiger partial charge in [-0.1, -0.05) is 30.3 Å². The van der Waals surface area contributed by atoms with E-state index in [-0.39, 0.29) is 22.8 Å². The van der Waals surface area contributed by atoms with Crippen LogP contribution < -0.4 is 16.6 Å². The summed E-state index contributed by atoms with van der Waals surface area (Å²) in [7, 11) is 0. The van der Waals surface area contributed by atoms with Crippen LogP contribution in [0, 0.1) is 26.2 Å². The molecule has 160 valence electrons. The molecule has 2 heterocycles. The van der Waals surface area contributed by atoms with E-state index in [1.807, 2.05) is 38.1 Å². The van der Waals surface area contributed by atoms with E-state index in [2.05, 4.69) is 20.1 Å². The van der Waals surface area contributed by atoms with Gasteiger partial charge in [-0.15, -0.1) is 0 Å². The van der Waals surface area contributed by atoms with Crippen LogP contribution in [0.3, 0.4) is 0 Å². The fraction of sp³-hybridized carbons (Fsp3) is 0.167. The number of hydrogen-bond acceptors (Lipinski definition) is 5. The Hall–Kier alpha value is -4.25. The highest BCUT2D eigenvalue weighted by atomic mass is 19.1. The number of rotatable bonds is 4. The summed E-state index contributed by atoms with van der Waals surface area (Å²) >= 11 is 0. The number of hydrogen-bond donors (Lipinski definition) is 2. The van der Waals surface area contributed by atoms with Gasteiger partial charge in [0.05, 0.1) is 29.4 Å². The Kier molecular flexibility index (Phi) is 5.33. The molecular weight excluding hydrogens is 407 g/mol. The first-order valence-corrected chi connectivity index (χ1v) is 10.00. The van der Waals surface area contributed by atoms with Crippen molar-refractivity contribution in [1.82, 2.24) is 14.5 Å². The summed E-state index contributed by atoms with van der Waals surface area (Å²) in [5, 5.41) is 3.71. The quantitative estimate of drug-likeness (QED) is 0.454. The van der Waals surface area contributed by atoms with Gasteiger partial charge >= 0.3 is 0 Å². The number of nitrogens with two attached hydrogens (primary N) is 1. The highest BCUT2D eigenvalue weighted by molar-refractivity contribution is 5.83. The number of pyridine rings is 1. The third-order valence-corrected chi connectivity index (χ3v) is 5.37. The molecule has 0 spiro atoms. The van der Waals surface area contributed by atoms with Crippen molar-refractivity contribution in [2.24, 2.45) is 0 Å². The molecule has 7 nitrogen and oxygen atoms in total. The molecule has 2 aromatic carbocycles. The summed E-state index contributed by atoms with van der Waals surface area (Å²) in [5.41, 5.74) is 8.15. The van der Waals surface area contributed by atoms with Crippen molar-refractivity contribution in [3.63, 3.8) is 0 Å². The van der Waals surface area contributed by atoms with Crippen molar-refractivity contribution >= 4 is 28.2 Å². The molecule has 4 rings (SSSR count). The van der Waals surface area contributed by atoms with Crippen molar-refractivity contribution in [3.05, 3.63) is 93.1 Å². The van der Waals surface area contributed by atoms with E-state index in [4.69, 9.17) is 12.3 Å². The molecule has 3 N–H and O–H groups in total. The summed E-state index contributed by atoms with van der Waals surface area (Å²) in [6.07, 6.45) is 0. The van der Waals surface area contributed by atoms with Crippen LogP contribution in [-0.4, -0.2) is 14.5 Å². The maximum atomic E-state index is 14.6. The summed E-state index contributed by atoms with van der Waals surface area (Å²) in [5.74, 6) is -0.251. The minimum Gasteiger partial charge on any atom is -0.371 e. The average Bonchev–Trinajstić information content (AvgIpc) is 2.74. The number of nitrogens with zero attached hydrogens (tertiary/aromatic N) is 4. The van der Waals surface area contributed by atoms with Gasteiger partial charge in [0.1, 0.15) is 11.6 Å². The normalized spacial score (nSPS) is 11.8. The van der Waals surface area contributed by atoms with Gasteiger partial charge in [-0.2, -0.15) is 0 Å². The molecular formula is C24H21FN6O. The van der Waals surface area contributed by atoms with E-state index in [0.717, 1.165) is 5.56 Å². The number of aryl methyl sites for hydroxylation is 2. The van der Waals surface area contributed by atoms with Crippen molar-refractivity contribution in [1.29, 1.82) is 0 Å². The number of para-hydroxylation sites is 1. The van der Waals surface area contributed by atoms with Crippen LogP contribution in [0.5, 0.6) is 0 Å². The van der Waals surface area contributed by atoms with E-state index in [1.165, 1.54) is 10.6 Å². The summed E-state index contributed by atoms with van der Waals surface area (Å²) in [6, 6.07) is 13.3. The molecule has 4 aromatic rings. The van der Waals surface area contributed by atoms with Gasteiger partial charge in [0, 0.05) is 5.69 Å². The highest BCUT2D eigenvalue weighted by Gasteiger charge is 2.21. The Morgan fingerprint density at radius 2 is 1.91 bits per heavy atom. The zero-order valence-corrected chi connectivity index (χ0v) is 17.8. The molecule has 0 fully saturated rings. The van der Waals surface area contributed by atoms with Crippen LogP contribution in [0.4, 0.5) is 21.8 Å². The molecule has 0 bridgehead atoms. The molecule has 2 aromatic heterocycles. The Morgan fingerprint density at radius 1 is 1.16 bits per heavy atom. The zero-order chi connectivity index (χ0) is 23.0. The van der Waals surface area contributed by atoms with Crippen LogP contribution in [0.1, 0.15) is 29.9 Å². The van der Waals surface area contributed by atoms with Crippen LogP contribution >= 0.6 is 0 Å². The van der Waals surface area contributed by atoms with Gasteiger partial charge in [-0.3, -0.25) is 9.36 Å². The smallest absolute Gasteiger partial charge is 0.266 e. The third-order valence-electron chi connectivity index (χ3n) is 5.37. The number of nitrogen functional groups attached to an aromatic ring is 1. The molecule has 0 aliphatic carbocycles. The maximum Gasteiger partial charge on any atom is 0.266 e. The summed E-state index contributed by atoms with van der Waals surface area (Å²) in [6.45, 7) is 12.9. The first-order valence-electron chi connectivity index (χ1n) is 10.00. The Labute approximate surface area is 184 Å². The van der Waals surface area contributed by atoms with E-state index in [9.17, 15) is 9.18 Å². The van der Waals surface area contributed by atoms with Crippen LogP contribution in [0.25, 0.3) is 21.3 Å². The van der Waals surface area contributed by atoms with Gasteiger partial charge in [-0.05, 0) is 49.9 Å². The Morgan fingerprint density at radius 3 is 2.62 bits per heavy atom. The second-order valence-electron chi connectivity index (χ2n) is 7.54. The number of benzene rings is 2. The lowest BCUT2D eigenvalue weighted by atomic mass is 10.1. The van der Waals surface area contributed by atoms with Crippen LogP contribution in [-0.2, 0) is 0 Å². The first kappa shape index (κ1) is 21.0. The largest absolute Gasteiger partial charge is 0.371 e. The number of fused-ring (bicyclic) bond motifs is 1. The lowest BCUT2D eigenvalue weighted by Gasteiger charge is -2.23. The van der Waals surface area contributed by atoms with E-state index < -0.39 is 17.4 Å². The van der Waals surface area contributed by atoms with Crippen LogP contribution in [0.2, 0.25) is 0 Å². The highest BCUT2D eigenvalue weighted by Crippen LogP contribution is 2.31. The Bertz CT molecular complexity index is 1450. The second-order valence-corrected chi connectivity index (χ2v) is 7.54. The lowest BCUT2D eigenvalue weighted by Crippen LogP contribution is -2.27. The van der Waals surface area contributed by atoms with Crippen molar-refractivity contribution in [2.45, 2.75) is 26.8 Å².